The number of hydrogen-bond donors (Lipinski definition) is 1. The Labute approximate surface area is 101 Å². The minimum absolute atomic E-state index is 0.0289. The van der Waals surface area contributed by atoms with Crippen LogP contribution in [0.2, 0.25) is 0 Å². The van der Waals surface area contributed by atoms with Crippen molar-refractivity contribution in [1.82, 2.24) is 0 Å². The lowest BCUT2D eigenvalue weighted by Gasteiger charge is -2.05. The number of rotatable bonds is 4. The zero-order valence-electron chi connectivity index (χ0n) is 9.91. The molecule has 0 atom stereocenters. The van der Waals surface area contributed by atoms with E-state index in [1.807, 2.05) is 50.4 Å². The van der Waals surface area contributed by atoms with Crippen molar-refractivity contribution in [2.24, 2.45) is 0 Å². The fourth-order valence-electron chi connectivity index (χ4n) is 1.30. The van der Waals surface area contributed by atoms with E-state index in [4.69, 9.17) is 0 Å². The van der Waals surface area contributed by atoms with E-state index in [1.165, 1.54) is 4.90 Å². The Bertz CT molecular complexity index is 381. The van der Waals surface area contributed by atoms with Crippen molar-refractivity contribution in [3.8, 4) is 0 Å². The molecule has 0 heterocycles. The minimum Gasteiger partial charge on any atom is -0.322 e. The molecule has 0 aliphatic rings. The van der Waals surface area contributed by atoms with Crippen LogP contribution in [0.1, 0.15) is 20.3 Å². The third-order valence-corrected chi connectivity index (χ3v) is 2.96. The van der Waals surface area contributed by atoms with Crippen molar-refractivity contribution >= 4 is 23.4 Å². The normalized spacial score (nSPS) is 11.3. The summed E-state index contributed by atoms with van der Waals surface area (Å²) in [5.74, 6) is -0.0289. The molecule has 1 rings (SSSR count). The third-order valence-electron chi connectivity index (χ3n) is 2.22. The van der Waals surface area contributed by atoms with Crippen molar-refractivity contribution in [3.63, 3.8) is 0 Å². The molecule has 2 nitrogen and oxygen atoms in total. The Hall–Kier alpha value is -1.22. The maximum absolute atomic E-state index is 11.7. The molecule has 0 bridgehead atoms. The number of carbonyl (C=O) groups excluding carboxylic acids is 1. The van der Waals surface area contributed by atoms with E-state index in [0.717, 1.165) is 17.7 Å². The molecule has 0 saturated heterocycles. The van der Waals surface area contributed by atoms with Crippen molar-refractivity contribution in [2.75, 3.05) is 11.6 Å². The minimum atomic E-state index is -0.0289. The molecule has 16 heavy (non-hydrogen) atoms. The lowest BCUT2D eigenvalue weighted by atomic mass is 10.2. The third kappa shape index (κ3) is 3.74. The van der Waals surface area contributed by atoms with Crippen molar-refractivity contribution in [2.45, 2.75) is 25.2 Å². The smallest absolute Gasteiger partial charge is 0.250 e. The first-order valence-corrected chi connectivity index (χ1v) is 6.52. The predicted octanol–water partition coefficient (Wildman–Crippen LogP) is 3.70. The highest BCUT2D eigenvalue weighted by molar-refractivity contribution is 7.98. The van der Waals surface area contributed by atoms with Gasteiger partial charge in [0, 0.05) is 16.2 Å². The van der Waals surface area contributed by atoms with Gasteiger partial charge in [0.1, 0.15) is 0 Å². The molecular formula is C13H17NOS. The van der Waals surface area contributed by atoms with E-state index in [-0.39, 0.29) is 5.91 Å². The molecule has 86 valence electrons. The van der Waals surface area contributed by atoms with Crippen LogP contribution in [-0.2, 0) is 4.79 Å². The summed E-state index contributed by atoms with van der Waals surface area (Å²) >= 11 is 1.69. The summed E-state index contributed by atoms with van der Waals surface area (Å²) in [5.41, 5.74) is 1.60. The summed E-state index contributed by atoms with van der Waals surface area (Å²) in [7, 11) is 0. The van der Waals surface area contributed by atoms with Crippen LogP contribution < -0.4 is 5.32 Å². The maximum Gasteiger partial charge on any atom is 0.250 e. The largest absolute Gasteiger partial charge is 0.322 e. The molecule has 0 saturated carbocycles. The van der Waals surface area contributed by atoms with Crippen LogP contribution in [0.25, 0.3) is 0 Å². The lowest BCUT2D eigenvalue weighted by Crippen LogP contribution is -2.12. The van der Waals surface area contributed by atoms with E-state index in [0.29, 0.717) is 0 Å². The number of nitrogens with one attached hydrogen (secondary N) is 1. The van der Waals surface area contributed by atoms with Crippen LogP contribution in [0.3, 0.4) is 0 Å². The molecule has 0 aliphatic heterocycles. The predicted molar refractivity (Wildman–Crippen MR) is 70.9 cm³/mol. The van der Waals surface area contributed by atoms with Gasteiger partial charge in [0.05, 0.1) is 0 Å². The summed E-state index contributed by atoms with van der Waals surface area (Å²) in [5, 5.41) is 2.86. The number of amides is 1. The van der Waals surface area contributed by atoms with Crippen LogP contribution in [0, 0.1) is 0 Å². The van der Waals surface area contributed by atoms with Crippen LogP contribution in [0.15, 0.2) is 40.8 Å². The van der Waals surface area contributed by atoms with Crippen LogP contribution in [-0.4, -0.2) is 12.2 Å². The molecule has 0 aromatic heterocycles. The fourth-order valence-corrected chi connectivity index (χ4v) is 1.71. The molecule has 1 aromatic rings. The van der Waals surface area contributed by atoms with Gasteiger partial charge in [-0.3, -0.25) is 4.79 Å². The van der Waals surface area contributed by atoms with Gasteiger partial charge < -0.3 is 5.32 Å². The van der Waals surface area contributed by atoms with Crippen LogP contribution in [0.4, 0.5) is 5.69 Å². The van der Waals surface area contributed by atoms with Crippen molar-refractivity contribution in [3.05, 3.63) is 35.9 Å². The molecule has 1 amide bonds. The van der Waals surface area contributed by atoms with Gasteiger partial charge in [0.2, 0.25) is 0 Å². The summed E-state index contributed by atoms with van der Waals surface area (Å²) in [6.45, 7) is 3.85. The van der Waals surface area contributed by atoms with Gasteiger partial charge in [0.25, 0.3) is 5.91 Å². The first-order chi connectivity index (χ1) is 7.67. The average Bonchev–Trinajstić information content (AvgIpc) is 2.30. The molecule has 1 aromatic carbocycles. The Balaban J connectivity index is 2.66. The highest BCUT2D eigenvalue weighted by Crippen LogP contribution is 2.17. The average molecular weight is 235 g/mol. The number of benzene rings is 1. The van der Waals surface area contributed by atoms with E-state index in [1.54, 1.807) is 11.8 Å². The first kappa shape index (κ1) is 12.8. The number of thioether (sulfide) groups is 1. The SMILES string of the molecule is CC/C=C(\C)C(=O)Nc1ccc(SC)cc1. The monoisotopic (exact) mass is 235 g/mol. The number of hydrogen-bond acceptors (Lipinski definition) is 2. The van der Waals surface area contributed by atoms with Gasteiger partial charge in [0.15, 0.2) is 0 Å². The highest BCUT2D eigenvalue weighted by Gasteiger charge is 2.03. The summed E-state index contributed by atoms with van der Waals surface area (Å²) in [6, 6.07) is 7.84. The van der Waals surface area contributed by atoms with E-state index in [9.17, 15) is 4.79 Å². The Morgan fingerprint density at radius 2 is 2.00 bits per heavy atom. The Morgan fingerprint density at radius 3 is 2.50 bits per heavy atom. The standard InChI is InChI=1S/C13H17NOS/c1-4-5-10(2)13(15)14-11-6-8-12(16-3)9-7-11/h5-9H,4H2,1-3H3,(H,14,15)/b10-5+. The van der Waals surface area contributed by atoms with Gasteiger partial charge in [-0.05, 0) is 43.9 Å². The quantitative estimate of drug-likeness (QED) is 0.637. The molecule has 0 fully saturated rings. The molecule has 0 radical (unpaired) electrons. The van der Waals surface area contributed by atoms with Crippen LogP contribution in [0.5, 0.6) is 0 Å². The fraction of sp³-hybridized carbons (Fsp3) is 0.308. The molecule has 3 heteroatoms. The number of anilines is 1. The zero-order chi connectivity index (χ0) is 12.0. The second-order valence-corrected chi connectivity index (χ2v) is 4.36. The first-order valence-electron chi connectivity index (χ1n) is 5.29. The molecule has 0 aliphatic carbocycles. The summed E-state index contributed by atoms with van der Waals surface area (Å²) in [4.78, 5) is 12.9. The highest BCUT2D eigenvalue weighted by atomic mass is 32.2. The second kappa shape index (κ2) is 6.38. The van der Waals surface area contributed by atoms with E-state index in [2.05, 4.69) is 5.32 Å². The topological polar surface area (TPSA) is 29.1 Å². The van der Waals surface area contributed by atoms with E-state index < -0.39 is 0 Å². The lowest BCUT2D eigenvalue weighted by molar-refractivity contribution is -0.112. The van der Waals surface area contributed by atoms with Gasteiger partial charge in [-0.1, -0.05) is 13.0 Å². The molecular weight excluding hydrogens is 218 g/mol. The molecule has 1 N–H and O–H groups in total. The summed E-state index contributed by atoms with van der Waals surface area (Å²) < 4.78 is 0. The van der Waals surface area contributed by atoms with Gasteiger partial charge >= 0.3 is 0 Å². The zero-order valence-corrected chi connectivity index (χ0v) is 10.7. The van der Waals surface area contributed by atoms with Crippen LogP contribution >= 0.6 is 11.8 Å². The Morgan fingerprint density at radius 1 is 1.38 bits per heavy atom. The molecule has 0 unspecified atom stereocenters. The number of carbonyl (C=O) groups is 1. The number of allylic oxidation sites excluding steroid dienone is 1. The van der Waals surface area contributed by atoms with Gasteiger partial charge in [-0.15, -0.1) is 11.8 Å². The van der Waals surface area contributed by atoms with Gasteiger partial charge in [-0.2, -0.15) is 0 Å². The van der Waals surface area contributed by atoms with Gasteiger partial charge in [-0.25, -0.2) is 0 Å². The maximum atomic E-state index is 11.7. The van der Waals surface area contributed by atoms with Crippen molar-refractivity contribution < 1.29 is 4.79 Å². The van der Waals surface area contributed by atoms with E-state index >= 15 is 0 Å². The Kier molecular flexibility index (Phi) is 5.12. The molecule has 0 spiro atoms. The summed E-state index contributed by atoms with van der Waals surface area (Å²) in [6.07, 6.45) is 4.83. The second-order valence-electron chi connectivity index (χ2n) is 3.48. The van der Waals surface area contributed by atoms with Crippen molar-refractivity contribution in [1.29, 1.82) is 0 Å².